The molecule has 47 heavy (non-hydrogen) atoms. The van der Waals surface area contributed by atoms with Crippen molar-refractivity contribution in [3.8, 4) is 22.5 Å². The standard InChI is InChI=1S/C44H35N3/c1-44(2)39-19-11-13-21-41(39)47-42(44)30-38-37-18-10-12-20-40(37)46(43(38)47)36-28-24-32(25-29-36)31-22-26-35(27-23-31)45(34-16-8-5-9-17-34)33-14-6-3-4-7-15-33/h3,5-30H,4H2,1-2H3. The van der Waals surface area contributed by atoms with Crippen molar-refractivity contribution >= 4 is 33.3 Å². The summed E-state index contributed by atoms with van der Waals surface area (Å²) in [4.78, 5) is 2.32. The number of allylic oxidation sites excluding steroid dienone is 5. The van der Waals surface area contributed by atoms with E-state index in [0.29, 0.717) is 0 Å². The molecule has 0 unspecified atom stereocenters. The van der Waals surface area contributed by atoms with Gasteiger partial charge in [-0.3, -0.25) is 9.13 Å². The molecule has 3 nitrogen and oxygen atoms in total. The van der Waals surface area contributed by atoms with Gasteiger partial charge >= 0.3 is 0 Å². The van der Waals surface area contributed by atoms with Crippen molar-refractivity contribution < 1.29 is 0 Å². The Morgan fingerprint density at radius 2 is 1.30 bits per heavy atom. The maximum absolute atomic E-state index is 2.49. The van der Waals surface area contributed by atoms with Crippen LogP contribution in [0.1, 0.15) is 31.5 Å². The zero-order valence-corrected chi connectivity index (χ0v) is 26.6. The average molecular weight is 606 g/mol. The summed E-state index contributed by atoms with van der Waals surface area (Å²) in [5.41, 5.74) is 13.4. The lowest BCUT2D eigenvalue weighted by Gasteiger charge is -2.26. The molecule has 2 aromatic heterocycles. The Bertz CT molecular complexity index is 2380. The van der Waals surface area contributed by atoms with Crippen LogP contribution in [0.3, 0.4) is 0 Å². The molecule has 0 saturated heterocycles. The van der Waals surface area contributed by atoms with E-state index in [-0.39, 0.29) is 5.41 Å². The second-order valence-electron chi connectivity index (χ2n) is 13.0. The molecule has 3 heteroatoms. The van der Waals surface area contributed by atoms with Crippen LogP contribution in [0.4, 0.5) is 11.4 Å². The first-order chi connectivity index (χ1) is 23.1. The van der Waals surface area contributed by atoms with Gasteiger partial charge in [0.15, 0.2) is 0 Å². The molecule has 0 bridgehead atoms. The third-order valence-corrected chi connectivity index (χ3v) is 9.90. The Hall–Kier alpha value is -5.80. The molecule has 3 heterocycles. The van der Waals surface area contributed by atoms with Crippen LogP contribution in [0, 0.1) is 0 Å². The predicted octanol–water partition coefficient (Wildman–Crippen LogP) is 11.4. The maximum atomic E-state index is 2.49. The molecule has 0 saturated carbocycles. The molecule has 9 rings (SSSR count). The topological polar surface area (TPSA) is 13.1 Å². The van der Waals surface area contributed by atoms with Gasteiger partial charge in [0.25, 0.3) is 0 Å². The normalized spacial score (nSPS) is 14.6. The van der Waals surface area contributed by atoms with E-state index in [4.69, 9.17) is 0 Å². The Morgan fingerprint density at radius 1 is 0.617 bits per heavy atom. The number of para-hydroxylation sites is 3. The Balaban J connectivity index is 1.12. The van der Waals surface area contributed by atoms with Gasteiger partial charge in [0, 0.05) is 44.6 Å². The first-order valence-corrected chi connectivity index (χ1v) is 16.4. The third-order valence-electron chi connectivity index (χ3n) is 9.90. The van der Waals surface area contributed by atoms with Gasteiger partial charge in [-0.2, -0.15) is 0 Å². The molecular formula is C44H35N3. The van der Waals surface area contributed by atoms with Crippen molar-refractivity contribution in [1.29, 1.82) is 0 Å². The number of aromatic nitrogens is 2. The summed E-state index contributed by atoms with van der Waals surface area (Å²) in [7, 11) is 0. The SMILES string of the molecule is CC1(C)c2ccccc2-n2c1cc1c3ccccc3n(-c3ccc(-c4ccc(N(C5=CC=CCC=C5)c5ccccc5)cc4)cc3)c12. The Labute approximate surface area is 275 Å². The second kappa shape index (κ2) is 10.6. The molecule has 1 aliphatic carbocycles. The lowest BCUT2D eigenvalue weighted by atomic mass is 9.83. The molecule has 0 amide bonds. The highest BCUT2D eigenvalue weighted by molar-refractivity contribution is 6.10. The van der Waals surface area contributed by atoms with Crippen LogP contribution >= 0.6 is 0 Å². The Kier molecular flexibility index (Phi) is 6.23. The number of rotatable bonds is 5. The van der Waals surface area contributed by atoms with Gasteiger partial charge in [0.05, 0.1) is 11.2 Å². The lowest BCUT2D eigenvalue weighted by molar-refractivity contribution is 0.644. The smallest absolute Gasteiger partial charge is 0.130 e. The molecule has 0 fully saturated rings. The molecule has 7 aromatic rings. The lowest BCUT2D eigenvalue weighted by Crippen LogP contribution is -2.15. The number of benzene rings is 5. The largest absolute Gasteiger partial charge is 0.311 e. The highest BCUT2D eigenvalue weighted by Crippen LogP contribution is 2.48. The van der Waals surface area contributed by atoms with Crippen molar-refractivity contribution in [3.63, 3.8) is 0 Å². The summed E-state index contributed by atoms with van der Waals surface area (Å²) in [6, 6.07) is 48.6. The number of nitrogens with zero attached hydrogens (tertiary/aromatic N) is 3. The van der Waals surface area contributed by atoms with Gasteiger partial charge in [0.2, 0.25) is 0 Å². The van der Waals surface area contributed by atoms with Gasteiger partial charge in [-0.15, -0.1) is 0 Å². The highest BCUT2D eigenvalue weighted by atomic mass is 15.2. The van der Waals surface area contributed by atoms with Crippen LogP contribution in [0.2, 0.25) is 0 Å². The second-order valence-corrected chi connectivity index (χ2v) is 13.0. The summed E-state index contributed by atoms with van der Waals surface area (Å²) in [5, 5.41) is 2.59. The maximum Gasteiger partial charge on any atom is 0.130 e. The molecule has 0 atom stereocenters. The summed E-state index contributed by atoms with van der Waals surface area (Å²) >= 11 is 0. The van der Waals surface area contributed by atoms with Crippen molar-refractivity contribution in [3.05, 3.63) is 181 Å². The van der Waals surface area contributed by atoms with Crippen molar-refractivity contribution in [2.75, 3.05) is 4.90 Å². The first kappa shape index (κ1) is 27.5. The van der Waals surface area contributed by atoms with Crippen LogP contribution in [-0.4, -0.2) is 9.13 Å². The van der Waals surface area contributed by atoms with Gasteiger partial charge in [-0.05, 0) is 89.9 Å². The minimum atomic E-state index is -0.0621. The summed E-state index contributed by atoms with van der Waals surface area (Å²) in [5.74, 6) is 0. The van der Waals surface area contributed by atoms with E-state index < -0.39 is 0 Å². The first-order valence-electron chi connectivity index (χ1n) is 16.4. The molecule has 5 aromatic carbocycles. The number of hydrogen-bond acceptors (Lipinski definition) is 1. The molecule has 1 aliphatic heterocycles. The predicted molar refractivity (Wildman–Crippen MR) is 197 cm³/mol. The minimum absolute atomic E-state index is 0.0621. The fraction of sp³-hybridized carbons (Fsp3) is 0.0909. The molecule has 0 radical (unpaired) electrons. The minimum Gasteiger partial charge on any atom is -0.311 e. The molecule has 226 valence electrons. The Morgan fingerprint density at radius 3 is 2.11 bits per heavy atom. The fourth-order valence-electron chi connectivity index (χ4n) is 7.58. The zero-order chi connectivity index (χ0) is 31.5. The van der Waals surface area contributed by atoms with Crippen LogP contribution in [-0.2, 0) is 5.41 Å². The highest BCUT2D eigenvalue weighted by Gasteiger charge is 2.38. The van der Waals surface area contributed by atoms with Crippen molar-refractivity contribution in [2.24, 2.45) is 0 Å². The van der Waals surface area contributed by atoms with Gasteiger partial charge in [0.1, 0.15) is 5.65 Å². The van der Waals surface area contributed by atoms with E-state index in [1.807, 2.05) is 0 Å². The van der Waals surface area contributed by atoms with Crippen molar-refractivity contribution in [2.45, 2.75) is 25.7 Å². The molecular weight excluding hydrogens is 571 g/mol. The molecule has 2 aliphatic rings. The van der Waals surface area contributed by atoms with Crippen LogP contribution in [0.15, 0.2) is 170 Å². The third kappa shape index (κ3) is 4.27. The van der Waals surface area contributed by atoms with Crippen molar-refractivity contribution in [1.82, 2.24) is 9.13 Å². The van der Waals surface area contributed by atoms with Gasteiger partial charge in [-0.25, -0.2) is 0 Å². The summed E-state index contributed by atoms with van der Waals surface area (Å²) < 4.78 is 4.93. The molecule has 0 spiro atoms. The van der Waals surface area contributed by atoms with E-state index in [9.17, 15) is 0 Å². The summed E-state index contributed by atoms with van der Waals surface area (Å²) in [6.07, 6.45) is 11.9. The van der Waals surface area contributed by atoms with Crippen LogP contribution < -0.4 is 4.90 Å². The van der Waals surface area contributed by atoms with E-state index in [2.05, 4.69) is 192 Å². The molecule has 0 N–H and O–H groups in total. The van der Waals surface area contributed by atoms with E-state index >= 15 is 0 Å². The van der Waals surface area contributed by atoms with Crippen LogP contribution in [0.25, 0.3) is 44.4 Å². The summed E-state index contributed by atoms with van der Waals surface area (Å²) in [6.45, 7) is 4.69. The fourth-order valence-corrected chi connectivity index (χ4v) is 7.58. The van der Waals surface area contributed by atoms with E-state index in [1.54, 1.807) is 0 Å². The van der Waals surface area contributed by atoms with Crippen LogP contribution in [0.5, 0.6) is 0 Å². The number of fused-ring (bicyclic) bond motifs is 7. The average Bonchev–Trinajstić information content (AvgIpc) is 3.62. The van der Waals surface area contributed by atoms with Gasteiger partial charge in [-0.1, -0.05) is 111 Å². The number of anilines is 2. The van der Waals surface area contributed by atoms with E-state index in [0.717, 1.165) is 29.2 Å². The quantitative estimate of drug-likeness (QED) is 0.190. The number of hydrogen-bond donors (Lipinski definition) is 0. The zero-order valence-electron chi connectivity index (χ0n) is 26.6. The van der Waals surface area contributed by atoms with Gasteiger partial charge < -0.3 is 4.90 Å². The van der Waals surface area contributed by atoms with E-state index in [1.165, 1.54) is 50.0 Å². The monoisotopic (exact) mass is 605 g/mol.